The Morgan fingerprint density at radius 1 is 0.406 bits per heavy atom. The molecule has 0 unspecified atom stereocenters. The second-order valence-corrected chi connectivity index (χ2v) is 15.6. The molecule has 3 aromatic carbocycles. The van der Waals surface area contributed by atoms with Crippen LogP contribution in [0.5, 0.6) is 34.5 Å². The number of ether oxygens (including phenoxy) is 6. The van der Waals surface area contributed by atoms with Crippen LogP contribution < -0.4 is 61.4 Å². The first-order valence-electron chi connectivity index (χ1n) is 22.7. The van der Waals surface area contributed by atoms with Gasteiger partial charge in [-0.15, -0.1) is 0 Å². The third-order valence-corrected chi connectivity index (χ3v) is 10.7. The fourth-order valence-electron chi connectivity index (χ4n) is 7.01. The van der Waals surface area contributed by atoms with Gasteiger partial charge in [-0.1, -0.05) is 38.5 Å². The average molecular weight is 961 g/mol. The highest BCUT2D eigenvalue weighted by Crippen LogP contribution is 2.29. The molecule has 0 fully saturated rings. The van der Waals surface area contributed by atoms with Crippen LogP contribution >= 0.6 is 0 Å². The van der Waals surface area contributed by atoms with Crippen molar-refractivity contribution in [3.05, 3.63) is 103 Å². The van der Waals surface area contributed by atoms with Crippen molar-refractivity contribution in [1.82, 2.24) is 29.7 Å². The fourth-order valence-corrected chi connectivity index (χ4v) is 7.01. The van der Waals surface area contributed by atoms with E-state index in [1.807, 2.05) is 0 Å². The monoisotopic (exact) mass is 960 g/mol. The number of unbranched alkanes of at least 4 members (excludes halogenated alkanes) is 9. The molecule has 372 valence electrons. The number of hydrogen-bond donors (Lipinski definition) is 3. The number of benzene rings is 3. The largest absolute Gasteiger partial charge is 0.493 e. The Labute approximate surface area is 398 Å². The van der Waals surface area contributed by atoms with Crippen LogP contribution in [0.1, 0.15) is 108 Å². The fraction of sp³-hybridized carbons (Fsp3) is 0.438. The molecule has 1 heterocycles. The molecule has 0 aliphatic heterocycles. The molecule has 21 nitrogen and oxygen atoms in total. The van der Waals surface area contributed by atoms with Gasteiger partial charge in [0.25, 0.3) is 0 Å². The summed E-state index contributed by atoms with van der Waals surface area (Å²) >= 11 is 0. The lowest BCUT2D eigenvalue weighted by Gasteiger charge is -2.14. The van der Waals surface area contributed by atoms with Crippen LogP contribution in [0, 0.1) is 0 Å². The van der Waals surface area contributed by atoms with Crippen molar-refractivity contribution in [2.24, 2.45) is 0 Å². The lowest BCUT2D eigenvalue weighted by molar-refractivity contribution is 0.111. The number of amides is 3. The maximum absolute atomic E-state index is 13.7. The minimum atomic E-state index is -0.697. The summed E-state index contributed by atoms with van der Waals surface area (Å²) in [5.74, 6) is 1.17. The van der Waals surface area contributed by atoms with E-state index in [4.69, 9.17) is 28.4 Å². The Bertz CT molecular complexity index is 2250. The number of rotatable bonds is 30. The second-order valence-electron chi connectivity index (χ2n) is 15.6. The third-order valence-electron chi connectivity index (χ3n) is 10.7. The van der Waals surface area contributed by atoms with Crippen LogP contribution in [-0.2, 0) is 19.6 Å². The number of hydrogen-bond acceptors (Lipinski definition) is 15. The van der Waals surface area contributed by atoms with Crippen molar-refractivity contribution < 1.29 is 57.2 Å². The summed E-state index contributed by atoms with van der Waals surface area (Å²) in [6, 6.07) is 13.2. The average Bonchev–Trinajstić information content (AvgIpc) is 3.35. The van der Waals surface area contributed by atoms with Crippen LogP contribution in [0.2, 0.25) is 0 Å². The molecule has 0 bridgehead atoms. The summed E-state index contributed by atoms with van der Waals surface area (Å²) in [6.07, 6.45) is 6.79. The molecule has 0 aliphatic carbocycles. The maximum atomic E-state index is 13.7. The molecule has 69 heavy (non-hydrogen) atoms. The summed E-state index contributed by atoms with van der Waals surface area (Å²) in [5, 5.41) is 7.99. The van der Waals surface area contributed by atoms with E-state index >= 15 is 0 Å². The van der Waals surface area contributed by atoms with Crippen LogP contribution in [0.15, 0.2) is 69.0 Å². The highest BCUT2D eigenvalue weighted by molar-refractivity contribution is 5.79. The number of carbonyl (C=O) groups excluding carboxylic acids is 6. The lowest BCUT2D eigenvalue weighted by atomic mass is 10.2. The lowest BCUT2D eigenvalue weighted by Crippen LogP contribution is -2.54. The van der Waals surface area contributed by atoms with Gasteiger partial charge in [-0.05, 0) is 93.1 Å². The second kappa shape index (κ2) is 29.1. The van der Waals surface area contributed by atoms with Gasteiger partial charge in [-0.2, -0.15) is 0 Å². The first-order chi connectivity index (χ1) is 33.5. The Morgan fingerprint density at radius 2 is 0.667 bits per heavy atom. The standard InChI is InChI=1S/C48H60N6O15/c1-64-40-28-34(31-55)16-19-37(40)67-43(58)49-22-10-4-7-13-25-52-46(61)53(26-14-8-5-11-23-50-44(59)68-38-20-17-35(32-56)29-41(38)65-2)48(63)54(47(52)62)27-15-9-6-12-24-51-45(60)69-39-21-18-36(33-57)30-42(39)66-3/h16-21,28-33H,4-15,22-27H2,1-3H3,(H,49,58)(H,50,59)(H,51,60). The highest BCUT2D eigenvalue weighted by atomic mass is 16.6. The highest BCUT2D eigenvalue weighted by Gasteiger charge is 2.17. The van der Waals surface area contributed by atoms with E-state index < -0.39 is 35.3 Å². The van der Waals surface area contributed by atoms with Gasteiger partial charge in [0.2, 0.25) is 0 Å². The smallest absolute Gasteiger partial charge is 0.412 e. The SMILES string of the molecule is COc1cc(C=O)ccc1OC(=O)NCCCCCCn1c(=O)n(CCCCCCNC(=O)Oc2ccc(C=O)cc2OC)c(=O)n(CCCCCCNC(=O)Oc2ccc(C=O)cc2OC)c1=O. The van der Waals surface area contributed by atoms with Gasteiger partial charge in [0.1, 0.15) is 18.9 Å². The molecule has 0 saturated heterocycles. The minimum absolute atomic E-state index is 0.0771. The van der Waals surface area contributed by atoms with Gasteiger partial charge in [-0.25, -0.2) is 42.5 Å². The molecule has 0 aliphatic rings. The zero-order valence-corrected chi connectivity index (χ0v) is 39.1. The van der Waals surface area contributed by atoms with Crippen LogP contribution in [-0.4, -0.2) is 91.8 Å². The van der Waals surface area contributed by atoms with Crippen molar-refractivity contribution in [2.75, 3.05) is 41.0 Å². The van der Waals surface area contributed by atoms with Gasteiger partial charge >= 0.3 is 35.3 Å². The first-order valence-corrected chi connectivity index (χ1v) is 22.7. The predicted octanol–water partition coefficient (Wildman–Crippen LogP) is 5.68. The van der Waals surface area contributed by atoms with E-state index in [2.05, 4.69) is 16.0 Å². The first kappa shape index (κ1) is 53.9. The van der Waals surface area contributed by atoms with Crippen molar-refractivity contribution in [1.29, 1.82) is 0 Å². The van der Waals surface area contributed by atoms with E-state index in [-0.39, 0.29) is 54.1 Å². The number of nitrogens with one attached hydrogen (secondary N) is 3. The molecule has 0 atom stereocenters. The Morgan fingerprint density at radius 3 is 0.913 bits per heavy atom. The summed E-state index contributed by atoms with van der Waals surface area (Å²) < 4.78 is 34.8. The molecule has 0 spiro atoms. The minimum Gasteiger partial charge on any atom is -0.493 e. The molecule has 3 amide bonds. The molecule has 21 heteroatoms. The van der Waals surface area contributed by atoms with Gasteiger partial charge in [-0.3, -0.25) is 14.4 Å². The third kappa shape index (κ3) is 17.2. The maximum Gasteiger partial charge on any atom is 0.412 e. The van der Waals surface area contributed by atoms with Crippen molar-refractivity contribution >= 4 is 37.1 Å². The molecule has 0 saturated carbocycles. The van der Waals surface area contributed by atoms with E-state index in [1.54, 1.807) is 0 Å². The van der Waals surface area contributed by atoms with Crippen molar-refractivity contribution in [2.45, 2.75) is 96.7 Å². The summed E-state index contributed by atoms with van der Waals surface area (Å²) in [6.45, 7) is 1.12. The van der Waals surface area contributed by atoms with E-state index in [1.165, 1.54) is 75.9 Å². The van der Waals surface area contributed by atoms with E-state index in [9.17, 15) is 43.2 Å². The normalized spacial score (nSPS) is 10.7. The van der Waals surface area contributed by atoms with Gasteiger partial charge in [0.05, 0.1) is 21.3 Å². The molecule has 4 aromatic rings. The van der Waals surface area contributed by atoms with Gasteiger partial charge < -0.3 is 44.4 Å². The zero-order chi connectivity index (χ0) is 50.0. The van der Waals surface area contributed by atoms with Crippen LogP contribution in [0.4, 0.5) is 14.4 Å². The Hall–Kier alpha value is -7.71. The molecule has 3 N–H and O–H groups in total. The topological polar surface area (TPSA) is 260 Å². The predicted molar refractivity (Wildman–Crippen MR) is 252 cm³/mol. The molecular weight excluding hydrogens is 901 g/mol. The summed E-state index contributed by atoms with van der Waals surface area (Å²) in [5.41, 5.74) is -0.987. The number of methoxy groups -OCH3 is 3. The zero-order valence-electron chi connectivity index (χ0n) is 39.1. The molecular formula is C48H60N6O15. The molecule has 0 radical (unpaired) electrons. The molecule has 4 rings (SSSR count). The van der Waals surface area contributed by atoms with Crippen molar-refractivity contribution in [3.63, 3.8) is 0 Å². The van der Waals surface area contributed by atoms with Crippen LogP contribution in [0.3, 0.4) is 0 Å². The number of aromatic nitrogens is 3. The Balaban J connectivity index is 1.27. The van der Waals surface area contributed by atoms with Gasteiger partial charge in [0, 0.05) is 56.0 Å². The summed E-state index contributed by atoms with van der Waals surface area (Å²) in [4.78, 5) is 111. The quantitative estimate of drug-likeness (QED) is 0.0419. The number of carbonyl (C=O) groups is 6. The summed E-state index contributed by atoms with van der Waals surface area (Å²) in [7, 11) is 4.18. The van der Waals surface area contributed by atoms with E-state index in [0.29, 0.717) is 132 Å². The number of aldehydes is 3. The Kier molecular flexibility index (Phi) is 22.8. The van der Waals surface area contributed by atoms with Crippen molar-refractivity contribution in [3.8, 4) is 34.5 Å². The van der Waals surface area contributed by atoms with Crippen LogP contribution in [0.25, 0.3) is 0 Å². The van der Waals surface area contributed by atoms with E-state index in [0.717, 1.165) is 13.7 Å². The molecule has 1 aromatic heterocycles. The van der Waals surface area contributed by atoms with Gasteiger partial charge in [0.15, 0.2) is 34.5 Å². The number of nitrogens with zero attached hydrogens (tertiary/aromatic N) is 3.